The fraction of sp³-hybridized carbons (Fsp3) is 0.588. The lowest BCUT2D eigenvalue weighted by Gasteiger charge is -2.45. The smallest absolute Gasteiger partial charge is 0.325 e. The van der Waals surface area contributed by atoms with Crippen molar-refractivity contribution in [3.05, 3.63) is 35.4 Å². The van der Waals surface area contributed by atoms with Gasteiger partial charge in [-0.1, -0.05) is 38.1 Å². The van der Waals surface area contributed by atoms with E-state index in [9.17, 15) is 9.90 Å². The first-order valence-corrected chi connectivity index (χ1v) is 8.77. The third-order valence-electron chi connectivity index (χ3n) is 4.61. The number of carboxylic acid groups (broad SMARTS) is 1. The summed E-state index contributed by atoms with van der Waals surface area (Å²) >= 11 is 1.96. The van der Waals surface area contributed by atoms with Crippen LogP contribution in [0.25, 0.3) is 0 Å². The first-order chi connectivity index (χ1) is 9.98. The molecule has 4 heteroatoms. The number of thioether (sulfide) groups is 1. The van der Waals surface area contributed by atoms with Gasteiger partial charge in [0.25, 0.3) is 0 Å². The van der Waals surface area contributed by atoms with Crippen LogP contribution in [0.15, 0.2) is 24.3 Å². The summed E-state index contributed by atoms with van der Waals surface area (Å²) in [6.07, 6.45) is 2.05. The topological polar surface area (TPSA) is 40.5 Å². The Bertz CT molecular complexity index is 543. The first kappa shape index (κ1) is 14.9. The molecule has 2 aliphatic rings. The van der Waals surface area contributed by atoms with Crippen molar-refractivity contribution in [1.82, 2.24) is 4.90 Å². The van der Waals surface area contributed by atoms with Gasteiger partial charge in [0.1, 0.15) is 6.04 Å². The summed E-state index contributed by atoms with van der Waals surface area (Å²) in [7, 11) is 0. The van der Waals surface area contributed by atoms with E-state index < -0.39 is 12.0 Å². The molecule has 0 bridgehead atoms. The van der Waals surface area contributed by atoms with E-state index in [1.54, 1.807) is 0 Å². The highest BCUT2D eigenvalue weighted by Crippen LogP contribution is 2.40. The van der Waals surface area contributed by atoms with Crippen LogP contribution in [0, 0.1) is 5.41 Å². The highest BCUT2D eigenvalue weighted by atomic mass is 32.2. The van der Waals surface area contributed by atoms with Gasteiger partial charge >= 0.3 is 5.97 Å². The number of hydrogen-bond donors (Lipinski definition) is 1. The number of benzene rings is 1. The third-order valence-corrected chi connectivity index (χ3v) is 6.22. The predicted octanol–water partition coefficient (Wildman–Crippen LogP) is 3.20. The van der Waals surface area contributed by atoms with Crippen molar-refractivity contribution < 1.29 is 9.90 Å². The second-order valence-electron chi connectivity index (χ2n) is 6.96. The molecule has 2 aliphatic heterocycles. The van der Waals surface area contributed by atoms with Crippen molar-refractivity contribution in [3.8, 4) is 0 Å². The average Bonchev–Trinajstić information content (AvgIpc) is 2.44. The fourth-order valence-corrected chi connectivity index (χ4v) is 5.06. The number of aliphatic carboxylic acids is 1. The van der Waals surface area contributed by atoms with Crippen molar-refractivity contribution in [2.75, 3.05) is 18.1 Å². The highest BCUT2D eigenvalue weighted by molar-refractivity contribution is 7.99. The maximum absolute atomic E-state index is 11.9. The molecule has 1 fully saturated rings. The zero-order valence-corrected chi connectivity index (χ0v) is 13.5. The quantitative estimate of drug-likeness (QED) is 0.911. The molecular weight excluding hydrogens is 282 g/mol. The maximum Gasteiger partial charge on any atom is 0.325 e. The molecule has 1 N–H and O–H groups in total. The fourth-order valence-electron chi connectivity index (χ4n) is 3.69. The summed E-state index contributed by atoms with van der Waals surface area (Å²) < 4.78 is 0. The summed E-state index contributed by atoms with van der Waals surface area (Å²) in [5.41, 5.74) is 2.49. The maximum atomic E-state index is 11.9. The predicted molar refractivity (Wildman–Crippen MR) is 86.7 cm³/mol. The number of nitrogens with zero attached hydrogens (tertiary/aromatic N) is 1. The molecule has 1 aromatic carbocycles. The van der Waals surface area contributed by atoms with Gasteiger partial charge in [-0.25, -0.2) is 0 Å². The van der Waals surface area contributed by atoms with Crippen LogP contribution in [0.5, 0.6) is 0 Å². The van der Waals surface area contributed by atoms with E-state index in [0.717, 1.165) is 30.7 Å². The van der Waals surface area contributed by atoms with Crippen molar-refractivity contribution in [1.29, 1.82) is 0 Å². The van der Waals surface area contributed by atoms with Crippen molar-refractivity contribution >= 4 is 17.7 Å². The van der Waals surface area contributed by atoms with Gasteiger partial charge in [0, 0.05) is 18.3 Å². The molecule has 2 heterocycles. The number of rotatable bonds is 2. The summed E-state index contributed by atoms with van der Waals surface area (Å²) in [5, 5.41) is 9.77. The van der Waals surface area contributed by atoms with Crippen LogP contribution in [-0.4, -0.2) is 40.1 Å². The van der Waals surface area contributed by atoms with E-state index in [1.165, 1.54) is 11.3 Å². The summed E-state index contributed by atoms with van der Waals surface area (Å²) in [6.45, 7) is 5.44. The van der Waals surface area contributed by atoms with Crippen molar-refractivity contribution in [3.63, 3.8) is 0 Å². The molecule has 114 valence electrons. The molecule has 3 nitrogen and oxygen atoms in total. The van der Waals surface area contributed by atoms with E-state index in [0.29, 0.717) is 11.5 Å². The van der Waals surface area contributed by atoms with Crippen LogP contribution in [-0.2, 0) is 11.2 Å². The molecule has 2 atom stereocenters. The molecular formula is C17H23NO2S. The van der Waals surface area contributed by atoms with Gasteiger partial charge in [0.2, 0.25) is 0 Å². The Kier molecular flexibility index (Phi) is 4.02. The number of hydrogen-bond acceptors (Lipinski definition) is 3. The van der Waals surface area contributed by atoms with Crippen LogP contribution >= 0.6 is 11.8 Å². The van der Waals surface area contributed by atoms with Gasteiger partial charge in [-0.15, -0.1) is 0 Å². The van der Waals surface area contributed by atoms with E-state index in [-0.39, 0.29) is 0 Å². The largest absolute Gasteiger partial charge is 0.480 e. The molecule has 0 spiro atoms. The molecule has 0 amide bonds. The molecule has 3 rings (SSSR count). The van der Waals surface area contributed by atoms with Crippen molar-refractivity contribution in [2.24, 2.45) is 5.41 Å². The molecule has 0 saturated carbocycles. The van der Waals surface area contributed by atoms with Gasteiger partial charge in [-0.05, 0) is 35.1 Å². The number of fused-ring (bicyclic) bond motifs is 1. The number of carbonyl (C=O) groups is 1. The minimum Gasteiger partial charge on any atom is -0.480 e. The minimum absolute atomic E-state index is 0.299. The first-order valence-electron chi connectivity index (χ1n) is 7.62. The normalized spacial score (nSPS) is 28.9. The SMILES string of the molecule is CC1(C)CSCC(N2CCc3ccccc3C2C(=O)O)C1. The monoisotopic (exact) mass is 305 g/mol. The molecule has 0 aliphatic carbocycles. The standard InChI is InChI=1S/C17H23NO2S/c1-17(2)9-13(10-21-11-17)18-8-7-12-5-3-4-6-14(12)15(18)16(19)20/h3-6,13,15H,7-11H2,1-2H3,(H,19,20). The van der Waals surface area contributed by atoms with Crippen LogP contribution < -0.4 is 0 Å². The van der Waals surface area contributed by atoms with E-state index in [4.69, 9.17) is 0 Å². The van der Waals surface area contributed by atoms with Crippen LogP contribution in [0.3, 0.4) is 0 Å². The van der Waals surface area contributed by atoms with E-state index in [1.807, 2.05) is 30.0 Å². The molecule has 0 radical (unpaired) electrons. The number of carboxylic acids is 1. The Morgan fingerprint density at radius 2 is 2.14 bits per heavy atom. The lowest BCUT2D eigenvalue weighted by Crippen LogP contribution is -2.50. The van der Waals surface area contributed by atoms with Crippen LogP contribution in [0.2, 0.25) is 0 Å². The summed E-state index contributed by atoms with van der Waals surface area (Å²) in [6, 6.07) is 7.91. The lowest BCUT2D eigenvalue weighted by atomic mass is 9.84. The third kappa shape index (κ3) is 2.97. The van der Waals surface area contributed by atoms with Gasteiger partial charge < -0.3 is 5.11 Å². The van der Waals surface area contributed by atoms with Crippen LogP contribution in [0.1, 0.15) is 37.4 Å². The highest BCUT2D eigenvalue weighted by Gasteiger charge is 2.40. The Morgan fingerprint density at radius 1 is 1.38 bits per heavy atom. The zero-order valence-electron chi connectivity index (χ0n) is 12.7. The Labute approximate surface area is 130 Å². The Morgan fingerprint density at radius 3 is 2.86 bits per heavy atom. The van der Waals surface area contributed by atoms with Gasteiger partial charge in [-0.2, -0.15) is 11.8 Å². The average molecular weight is 305 g/mol. The van der Waals surface area contributed by atoms with E-state index in [2.05, 4.69) is 24.8 Å². The molecule has 1 saturated heterocycles. The molecule has 2 unspecified atom stereocenters. The van der Waals surface area contributed by atoms with Crippen LogP contribution in [0.4, 0.5) is 0 Å². The van der Waals surface area contributed by atoms with Gasteiger partial charge in [0.15, 0.2) is 0 Å². The van der Waals surface area contributed by atoms with Gasteiger partial charge in [0.05, 0.1) is 0 Å². The minimum atomic E-state index is -0.712. The Balaban J connectivity index is 1.90. The summed E-state index contributed by atoms with van der Waals surface area (Å²) in [5.74, 6) is 1.51. The second-order valence-corrected chi connectivity index (χ2v) is 7.99. The lowest BCUT2D eigenvalue weighted by molar-refractivity contribution is -0.145. The van der Waals surface area contributed by atoms with Crippen molar-refractivity contribution in [2.45, 2.75) is 38.8 Å². The van der Waals surface area contributed by atoms with Gasteiger partial charge in [-0.3, -0.25) is 9.69 Å². The molecule has 1 aromatic rings. The second kappa shape index (κ2) is 5.65. The molecule has 0 aromatic heterocycles. The summed E-state index contributed by atoms with van der Waals surface area (Å²) in [4.78, 5) is 14.1. The zero-order chi connectivity index (χ0) is 15.0. The molecule has 21 heavy (non-hydrogen) atoms. The van der Waals surface area contributed by atoms with E-state index >= 15 is 0 Å². The Hall–Kier alpha value is -1.00.